The molecule has 29 heavy (non-hydrogen) atoms. The van der Waals surface area contributed by atoms with Crippen molar-refractivity contribution in [3.05, 3.63) is 11.5 Å². The quantitative estimate of drug-likeness (QED) is 0.318. The van der Waals surface area contributed by atoms with E-state index in [-0.39, 0.29) is 22.3 Å². The fraction of sp³-hybridized carbons (Fsp3) is 0.583. The largest absolute Gasteiger partial charge is 0.392 e. The van der Waals surface area contributed by atoms with E-state index < -0.39 is 51.3 Å². The zero-order chi connectivity index (χ0) is 22.3. The maximum absolute atomic E-state index is 12.8. The number of nitrogens with two attached hydrogens (primary N) is 1. The molecular weight excluding hydrogens is 459 g/mol. The van der Waals surface area contributed by atoms with E-state index >= 15 is 0 Å². The van der Waals surface area contributed by atoms with Crippen LogP contribution in [0.1, 0.15) is 12.8 Å². The first-order valence-corrected chi connectivity index (χ1v) is 9.49. The molecule has 17 heteroatoms. The van der Waals surface area contributed by atoms with Gasteiger partial charge < -0.3 is 24.8 Å². The number of hydrogen-bond acceptors (Lipinski definition) is 6. The summed E-state index contributed by atoms with van der Waals surface area (Å²) in [6, 6.07) is 0. The minimum absolute atomic E-state index is 0.000442. The van der Waals surface area contributed by atoms with Crippen molar-refractivity contribution < 1.29 is 45.4 Å². The Hall–Kier alpha value is -1.67. The van der Waals surface area contributed by atoms with Crippen LogP contribution in [0.3, 0.4) is 0 Å². The number of rotatable bonds is 7. The number of halogens is 7. The first kappa shape index (κ1) is 23.6. The fourth-order valence-corrected chi connectivity index (χ4v) is 3.75. The van der Waals surface area contributed by atoms with Gasteiger partial charge in [0.25, 0.3) is 0 Å². The van der Waals surface area contributed by atoms with E-state index in [0.29, 0.717) is 0 Å². The van der Waals surface area contributed by atoms with Gasteiger partial charge in [0.2, 0.25) is 5.95 Å². The van der Waals surface area contributed by atoms with Crippen LogP contribution in [0, 0.1) is 0 Å². The number of hydrogen-bond donors (Lipinski definition) is 3. The lowest BCUT2D eigenvalue weighted by Crippen LogP contribution is -2.42. The molecule has 0 aliphatic rings. The molecule has 0 radical (unpaired) electrons. The molecule has 0 saturated carbocycles. The Morgan fingerprint density at radius 2 is 1.69 bits per heavy atom. The number of anilines is 1. The first-order chi connectivity index (χ1) is 13.0. The van der Waals surface area contributed by atoms with Gasteiger partial charge >= 0.3 is 19.9 Å². The molecule has 2 heterocycles. The Morgan fingerprint density at radius 3 is 2.17 bits per heavy atom. The zero-order valence-corrected chi connectivity index (χ0v) is 15.7. The molecule has 0 unspecified atom stereocenters. The molecule has 164 valence electrons. The monoisotopic (exact) mass is 471 g/mol. The van der Waals surface area contributed by atoms with Gasteiger partial charge in [-0.3, -0.25) is 4.57 Å². The summed E-state index contributed by atoms with van der Waals surface area (Å²) in [4.78, 5) is 29.8. The lowest BCUT2D eigenvalue weighted by Gasteiger charge is -2.35. The van der Waals surface area contributed by atoms with Crippen molar-refractivity contribution in [2.45, 2.75) is 37.1 Å². The van der Waals surface area contributed by atoms with Crippen LogP contribution in [-0.2, 0) is 15.8 Å². The summed E-state index contributed by atoms with van der Waals surface area (Å²) in [6.45, 7) is -1.40. The van der Waals surface area contributed by atoms with Gasteiger partial charge in [-0.2, -0.15) is 36.3 Å². The maximum Gasteiger partial charge on any atom is 0.392 e. The van der Waals surface area contributed by atoms with Gasteiger partial charge in [0.1, 0.15) is 5.52 Å². The molecule has 4 N–H and O–H groups in total. The van der Waals surface area contributed by atoms with Crippen LogP contribution >= 0.6 is 19.2 Å². The number of nitrogens with zero attached hydrogens (tertiary/aromatic N) is 4. The van der Waals surface area contributed by atoms with Gasteiger partial charge in [-0.15, -0.1) is 0 Å². The molecule has 0 aliphatic heterocycles. The highest BCUT2D eigenvalue weighted by molar-refractivity contribution is 7.53. The van der Waals surface area contributed by atoms with Gasteiger partial charge in [-0.1, -0.05) is 11.6 Å². The number of ether oxygens (including phenoxy) is 1. The van der Waals surface area contributed by atoms with Crippen LogP contribution < -0.4 is 5.73 Å². The SMILES string of the molecule is Nc1nc(Cl)c2ncn(CCOC(CC(F)(F)F)(CC(F)(F)F)P(=O)(O)O)c2n1. The maximum atomic E-state index is 12.8. The molecule has 0 spiro atoms. The van der Waals surface area contributed by atoms with Crippen LogP contribution in [0.5, 0.6) is 0 Å². The second kappa shape index (κ2) is 7.87. The standard InChI is InChI=1S/C12H13ClF6N5O4P/c13-7-6-8(23-9(20)22-7)24(5-21-6)1-2-28-10(29(25,26)27,3-11(14,15)16)4-12(17,18)19/h5H,1-4H2,(H2,20,22,23)(H2,25,26,27). The Morgan fingerprint density at radius 1 is 1.14 bits per heavy atom. The van der Waals surface area contributed by atoms with Gasteiger partial charge in [0.15, 0.2) is 16.1 Å². The van der Waals surface area contributed by atoms with Gasteiger partial charge in [0, 0.05) is 6.54 Å². The molecule has 0 aromatic carbocycles. The van der Waals surface area contributed by atoms with Crippen LogP contribution in [0.15, 0.2) is 6.33 Å². The van der Waals surface area contributed by atoms with E-state index in [2.05, 4.69) is 19.7 Å². The van der Waals surface area contributed by atoms with Crippen LogP contribution in [0.4, 0.5) is 32.3 Å². The fourth-order valence-electron chi connectivity index (χ4n) is 2.50. The highest BCUT2D eigenvalue weighted by Crippen LogP contribution is 2.59. The van der Waals surface area contributed by atoms with Crippen molar-refractivity contribution in [3.63, 3.8) is 0 Å². The average molecular weight is 472 g/mol. The number of alkyl halides is 6. The first-order valence-electron chi connectivity index (χ1n) is 7.50. The number of aromatic nitrogens is 4. The van der Waals surface area contributed by atoms with Crippen LogP contribution in [0.25, 0.3) is 11.2 Å². The van der Waals surface area contributed by atoms with Crippen molar-refractivity contribution in [1.29, 1.82) is 0 Å². The van der Waals surface area contributed by atoms with Crippen LogP contribution in [0.2, 0.25) is 5.15 Å². The van der Waals surface area contributed by atoms with Crippen molar-refractivity contribution in [1.82, 2.24) is 19.5 Å². The third-order valence-corrected chi connectivity index (χ3v) is 5.40. The van der Waals surface area contributed by atoms with E-state index in [1.165, 1.54) is 0 Å². The summed E-state index contributed by atoms with van der Waals surface area (Å²) in [5.41, 5.74) is 5.46. The normalized spacial score (nSPS) is 14.0. The lowest BCUT2D eigenvalue weighted by molar-refractivity contribution is -0.211. The van der Waals surface area contributed by atoms with Gasteiger partial charge in [-0.25, -0.2) is 4.98 Å². The Balaban J connectivity index is 2.31. The molecule has 2 aromatic heterocycles. The highest BCUT2D eigenvalue weighted by atomic mass is 35.5. The number of imidazole rings is 1. The van der Waals surface area contributed by atoms with Crippen molar-refractivity contribution in [2.24, 2.45) is 0 Å². The summed E-state index contributed by atoms with van der Waals surface area (Å²) in [5.74, 6) is -0.274. The highest BCUT2D eigenvalue weighted by Gasteiger charge is 2.59. The molecule has 0 atom stereocenters. The smallest absolute Gasteiger partial charge is 0.368 e. The predicted molar refractivity (Wildman–Crippen MR) is 86.8 cm³/mol. The topological polar surface area (TPSA) is 136 Å². The van der Waals surface area contributed by atoms with Crippen molar-refractivity contribution >= 4 is 36.3 Å². The molecule has 0 saturated heterocycles. The third-order valence-electron chi connectivity index (χ3n) is 3.63. The Labute approximate surface area is 163 Å². The molecule has 2 rings (SSSR count). The third kappa shape index (κ3) is 5.92. The summed E-state index contributed by atoms with van der Waals surface area (Å²) in [6.07, 6.45) is -14.6. The summed E-state index contributed by atoms with van der Waals surface area (Å²) in [7, 11) is -6.02. The van der Waals surface area contributed by atoms with E-state index in [1.54, 1.807) is 0 Å². The Bertz CT molecular complexity index is 914. The summed E-state index contributed by atoms with van der Waals surface area (Å²) < 4.78 is 94.1. The molecule has 0 bridgehead atoms. The molecule has 9 nitrogen and oxygen atoms in total. The second-order valence-electron chi connectivity index (χ2n) is 5.91. The van der Waals surface area contributed by atoms with Gasteiger partial charge in [-0.05, 0) is 0 Å². The van der Waals surface area contributed by atoms with E-state index in [9.17, 15) is 40.7 Å². The molecule has 0 amide bonds. The van der Waals surface area contributed by atoms with E-state index in [4.69, 9.17) is 17.3 Å². The lowest BCUT2D eigenvalue weighted by atomic mass is 10.1. The molecule has 0 aliphatic carbocycles. The zero-order valence-electron chi connectivity index (χ0n) is 14.1. The van der Waals surface area contributed by atoms with Crippen molar-refractivity contribution in [2.75, 3.05) is 12.3 Å². The second-order valence-corrected chi connectivity index (χ2v) is 8.17. The number of fused-ring (bicyclic) bond motifs is 1. The van der Waals surface area contributed by atoms with Crippen molar-refractivity contribution in [3.8, 4) is 0 Å². The summed E-state index contributed by atoms with van der Waals surface area (Å²) >= 11 is 5.80. The predicted octanol–water partition coefficient (Wildman–Crippen LogP) is 2.86. The van der Waals surface area contributed by atoms with Gasteiger partial charge in [0.05, 0.1) is 25.8 Å². The summed E-state index contributed by atoms with van der Waals surface area (Å²) in [5, 5.41) is -3.99. The minimum atomic E-state index is -6.02. The molecule has 2 aromatic rings. The van der Waals surface area contributed by atoms with Crippen LogP contribution in [-0.4, -0.2) is 53.6 Å². The van der Waals surface area contributed by atoms with E-state index in [0.717, 1.165) is 10.9 Å². The molecule has 0 fully saturated rings. The minimum Gasteiger partial charge on any atom is -0.368 e. The Kier molecular flexibility index (Phi) is 6.41. The van der Waals surface area contributed by atoms with E-state index in [1.807, 2.05) is 0 Å². The number of nitrogen functional groups attached to an aromatic ring is 1. The average Bonchev–Trinajstić information content (AvgIpc) is 2.86. The molecular formula is C12H13ClF6N5O4P.